The molecule has 0 fully saturated rings. The van der Waals surface area contributed by atoms with E-state index in [1.165, 1.54) is 20.0 Å². The summed E-state index contributed by atoms with van der Waals surface area (Å²) in [6.45, 7) is 2.52. The van der Waals surface area contributed by atoms with Gasteiger partial charge in [-0.15, -0.1) is 0 Å². The van der Waals surface area contributed by atoms with Crippen molar-refractivity contribution in [1.29, 1.82) is 0 Å². The summed E-state index contributed by atoms with van der Waals surface area (Å²) >= 11 is 0. The highest BCUT2D eigenvalue weighted by Gasteiger charge is 2.15. The summed E-state index contributed by atoms with van der Waals surface area (Å²) in [7, 11) is 0. The van der Waals surface area contributed by atoms with Gasteiger partial charge in [0.1, 0.15) is 0 Å². The summed E-state index contributed by atoms with van der Waals surface area (Å²) in [5.74, 6) is -0.790. The van der Waals surface area contributed by atoms with Crippen LogP contribution in [-0.2, 0) is 9.59 Å². The highest BCUT2D eigenvalue weighted by Crippen LogP contribution is 2.33. The Morgan fingerprint density at radius 2 is 1.83 bits per heavy atom. The Hall–Kier alpha value is -2.50. The van der Waals surface area contributed by atoms with Crippen LogP contribution in [0.5, 0.6) is 11.5 Å². The lowest BCUT2D eigenvalue weighted by atomic mass is 10.2. The van der Waals surface area contributed by atoms with Crippen LogP contribution >= 0.6 is 0 Å². The molecular formula is C12H10N2O4. The molecule has 0 spiro atoms. The van der Waals surface area contributed by atoms with Crippen LogP contribution in [-0.4, -0.2) is 21.9 Å². The van der Waals surface area contributed by atoms with Crippen molar-refractivity contribution in [2.45, 2.75) is 13.8 Å². The Labute approximate surface area is 103 Å². The third kappa shape index (κ3) is 2.42. The number of fused-ring (bicyclic) bond motifs is 1. The minimum Gasteiger partial charge on any atom is -0.422 e. The summed E-state index contributed by atoms with van der Waals surface area (Å²) in [4.78, 5) is 30.1. The zero-order valence-electron chi connectivity index (χ0n) is 9.84. The molecule has 0 aliphatic rings. The molecule has 0 atom stereocenters. The van der Waals surface area contributed by atoms with Crippen molar-refractivity contribution in [3.05, 3.63) is 24.5 Å². The molecule has 0 saturated heterocycles. The second kappa shape index (κ2) is 4.79. The molecule has 2 heterocycles. The number of pyridine rings is 2. The molecule has 0 radical (unpaired) electrons. The highest BCUT2D eigenvalue weighted by atomic mass is 16.6. The van der Waals surface area contributed by atoms with Crippen molar-refractivity contribution in [3.8, 4) is 11.5 Å². The van der Waals surface area contributed by atoms with E-state index in [1.807, 2.05) is 0 Å². The van der Waals surface area contributed by atoms with Crippen LogP contribution in [0.1, 0.15) is 13.8 Å². The predicted molar refractivity (Wildman–Crippen MR) is 62.2 cm³/mol. The van der Waals surface area contributed by atoms with Crippen molar-refractivity contribution in [3.63, 3.8) is 0 Å². The number of ether oxygens (including phenoxy) is 2. The molecule has 2 rings (SSSR count). The van der Waals surface area contributed by atoms with E-state index < -0.39 is 11.9 Å². The molecule has 2 aromatic heterocycles. The SMILES string of the molecule is CC(=O)Oc1cnc2ncccc2c1OC(C)=O. The summed E-state index contributed by atoms with van der Waals surface area (Å²) in [5, 5.41) is 0.506. The van der Waals surface area contributed by atoms with E-state index in [0.29, 0.717) is 11.0 Å². The largest absolute Gasteiger partial charge is 0.422 e. The van der Waals surface area contributed by atoms with Gasteiger partial charge >= 0.3 is 11.9 Å². The van der Waals surface area contributed by atoms with Gasteiger partial charge in [-0.2, -0.15) is 0 Å². The van der Waals surface area contributed by atoms with Gasteiger partial charge in [0.25, 0.3) is 0 Å². The first-order valence-corrected chi connectivity index (χ1v) is 5.18. The first-order valence-electron chi connectivity index (χ1n) is 5.18. The average molecular weight is 246 g/mol. The van der Waals surface area contributed by atoms with Crippen molar-refractivity contribution in [1.82, 2.24) is 9.97 Å². The summed E-state index contributed by atoms with van der Waals surface area (Å²) in [6, 6.07) is 3.36. The van der Waals surface area contributed by atoms with Crippen molar-refractivity contribution >= 4 is 23.0 Å². The van der Waals surface area contributed by atoms with Crippen LogP contribution in [0.3, 0.4) is 0 Å². The van der Waals surface area contributed by atoms with E-state index in [1.54, 1.807) is 18.3 Å². The maximum Gasteiger partial charge on any atom is 0.308 e. The van der Waals surface area contributed by atoms with E-state index >= 15 is 0 Å². The van der Waals surface area contributed by atoms with E-state index in [0.717, 1.165) is 0 Å². The molecule has 2 aromatic rings. The third-order valence-electron chi connectivity index (χ3n) is 2.06. The Kier molecular flexibility index (Phi) is 3.18. The number of esters is 2. The van der Waals surface area contributed by atoms with Gasteiger partial charge in [-0.05, 0) is 12.1 Å². The predicted octanol–water partition coefficient (Wildman–Crippen LogP) is 1.48. The molecule has 0 aliphatic carbocycles. The first-order chi connectivity index (χ1) is 8.58. The highest BCUT2D eigenvalue weighted by molar-refractivity contribution is 5.88. The van der Waals surface area contributed by atoms with Gasteiger partial charge in [-0.25, -0.2) is 9.97 Å². The van der Waals surface area contributed by atoms with Crippen LogP contribution in [0.4, 0.5) is 0 Å². The number of hydrogen-bond donors (Lipinski definition) is 0. The number of hydrogen-bond acceptors (Lipinski definition) is 6. The second-order valence-electron chi connectivity index (χ2n) is 3.51. The van der Waals surface area contributed by atoms with Gasteiger partial charge in [0.15, 0.2) is 17.1 Å². The molecule has 0 N–H and O–H groups in total. The molecule has 92 valence electrons. The quantitative estimate of drug-likeness (QED) is 0.747. The molecular weight excluding hydrogens is 236 g/mol. The minimum absolute atomic E-state index is 0.0956. The molecule has 18 heavy (non-hydrogen) atoms. The molecule has 0 unspecified atom stereocenters. The van der Waals surface area contributed by atoms with Gasteiger partial charge in [0.2, 0.25) is 0 Å². The second-order valence-corrected chi connectivity index (χ2v) is 3.51. The van der Waals surface area contributed by atoms with Crippen LogP contribution in [0.15, 0.2) is 24.5 Å². The van der Waals surface area contributed by atoms with Gasteiger partial charge in [0, 0.05) is 20.0 Å². The first kappa shape index (κ1) is 12.0. The van der Waals surface area contributed by atoms with Gasteiger partial charge in [0.05, 0.1) is 11.6 Å². The summed E-state index contributed by atoms with van der Waals surface area (Å²) in [5.41, 5.74) is 0.407. The normalized spacial score (nSPS) is 10.1. The van der Waals surface area contributed by atoms with E-state index in [4.69, 9.17) is 9.47 Å². The topological polar surface area (TPSA) is 78.4 Å². The zero-order valence-corrected chi connectivity index (χ0v) is 9.84. The van der Waals surface area contributed by atoms with Crippen molar-refractivity contribution in [2.75, 3.05) is 0 Å². The molecule has 0 aliphatic heterocycles. The maximum absolute atomic E-state index is 11.1. The standard InChI is InChI=1S/C12H10N2O4/c1-7(15)17-10-6-14-12-9(4-3-5-13-12)11(10)18-8(2)16/h3-6H,1-2H3. The zero-order chi connectivity index (χ0) is 13.1. The van der Waals surface area contributed by atoms with Crippen LogP contribution < -0.4 is 9.47 Å². The fourth-order valence-electron chi connectivity index (χ4n) is 1.46. The van der Waals surface area contributed by atoms with Gasteiger partial charge in [-0.3, -0.25) is 9.59 Å². The fraction of sp³-hybridized carbons (Fsp3) is 0.167. The van der Waals surface area contributed by atoms with Gasteiger partial charge in [-0.1, -0.05) is 0 Å². The van der Waals surface area contributed by atoms with E-state index in [-0.39, 0.29) is 11.5 Å². The molecule has 0 amide bonds. The number of rotatable bonds is 2. The van der Waals surface area contributed by atoms with Crippen molar-refractivity contribution < 1.29 is 19.1 Å². The Balaban J connectivity index is 2.62. The fourth-order valence-corrected chi connectivity index (χ4v) is 1.46. The minimum atomic E-state index is -0.520. The smallest absolute Gasteiger partial charge is 0.308 e. The van der Waals surface area contributed by atoms with Crippen LogP contribution in [0.25, 0.3) is 11.0 Å². The Morgan fingerprint density at radius 1 is 1.11 bits per heavy atom. The van der Waals surface area contributed by atoms with Crippen LogP contribution in [0, 0.1) is 0 Å². The molecule has 6 heteroatoms. The average Bonchev–Trinajstić information content (AvgIpc) is 2.31. The summed E-state index contributed by atoms with van der Waals surface area (Å²) < 4.78 is 10.0. The molecule has 0 saturated carbocycles. The number of carbonyl (C=O) groups excluding carboxylic acids is 2. The monoisotopic (exact) mass is 246 g/mol. The Bertz CT molecular complexity index is 625. The van der Waals surface area contributed by atoms with E-state index in [9.17, 15) is 9.59 Å². The summed E-state index contributed by atoms with van der Waals surface area (Å²) in [6.07, 6.45) is 2.87. The van der Waals surface area contributed by atoms with Crippen LogP contribution in [0.2, 0.25) is 0 Å². The lowest BCUT2D eigenvalue weighted by molar-refractivity contribution is -0.134. The molecule has 0 aromatic carbocycles. The van der Waals surface area contributed by atoms with Crippen molar-refractivity contribution in [2.24, 2.45) is 0 Å². The number of aromatic nitrogens is 2. The van der Waals surface area contributed by atoms with E-state index in [2.05, 4.69) is 9.97 Å². The molecule has 0 bridgehead atoms. The third-order valence-corrected chi connectivity index (χ3v) is 2.06. The van der Waals surface area contributed by atoms with Gasteiger partial charge < -0.3 is 9.47 Å². The Morgan fingerprint density at radius 3 is 2.50 bits per heavy atom. The number of carbonyl (C=O) groups is 2. The number of nitrogens with zero attached hydrogens (tertiary/aromatic N) is 2. The lowest BCUT2D eigenvalue weighted by Crippen LogP contribution is -2.08. The maximum atomic E-state index is 11.1. The lowest BCUT2D eigenvalue weighted by Gasteiger charge is -2.10. The molecule has 6 nitrogen and oxygen atoms in total.